The van der Waals surface area contributed by atoms with E-state index in [9.17, 15) is 19.5 Å². The molecule has 2 aromatic rings. The Morgan fingerprint density at radius 1 is 1.44 bits per heavy atom. The van der Waals surface area contributed by atoms with E-state index in [-0.39, 0.29) is 40.4 Å². The highest BCUT2D eigenvalue weighted by atomic mass is 32.2. The number of nitrogens with zero attached hydrogens (tertiary/aromatic N) is 4. The van der Waals surface area contributed by atoms with E-state index < -0.39 is 29.2 Å². The predicted molar refractivity (Wildman–Crippen MR) is 117 cm³/mol. The van der Waals surface area contributed by atoms with Crippen LogP contribution < -0.4 is 11.1 Å². The first-order chi connectivity index (χ1) is 15.4. The molecule has 0 aromatic carbocycles. The smallest absolute Gasteiger partial charge is 0.356 e. The predicted octanol–water partition coefficient (Wildman–Crippen LogP) is 0.445. The van der Waals surface area contributed by atoms with Gasteiger partial charge in [-0.3, -0.25) is 14.5 Å². The molecule has 0 spiro atoms. The Morgan fingerprint density at radius 2 is 2.25 bits per heavy atom. The van der Waals surface area contributed by atoms with E-state index >= 15 is 0 Å². The largest absolute Gasteiger partial charge is 0.488 e. The van der Waals surface area contributed by atoms with Gasteiger partial charge in [0.15, 0.2) is 16.5 Å². The van der Waals surface area contributed by atoms with E-state index in [2.05, 4.69) is 20.4 Å². The number of rotatable bonds is 8. The van der Waals surface area contributed by atoms with Crippen molar-refractivity contribution in [3.63, 3.8) is 0 Å². The summed E-state index contributed by atoms with van der Waals surface area (Å²) >= 11 is 3.80. The lowest BCUT2D eigenvalue weighted by atomic mass is 10.0. The van der Waals surface area contributed by atoms with Gasteiger partial charge in [0.2, 0.25) is 0 Å². The van der Waals surface area contributed by atoms with Gasteiger partial charge in [-0.1, -0.05) is 5.16 Å². The fourth-order valence-corrected chi connectivity index (χ4v) is 5.44. The monoisotopic (exact) mass is 496 g/mol. The number of nitrogens with one attached hydrogen (secondary N) is 1. The van der Waals surface area contributed by atoms with Crippen LogP contribution in [0.5, 0.6) is 0 Å². The molecular formula is C17H16N6O6S3. The molecule has 2 aliphatic rings. The molecule has 0 aliphatic carbocycles. The van der Waals surface area contributed by atoms with Crippen LogP contribution in [-0.4, -0.2) is 67.7 Å². The number of hydrogen-bond acceptors (Lipinski definition) is 12. The summed E-state index contributed by atoms with van der Waals surface area (Å²) in [4.78, 5) is 51.3. The Bertz CT molecular complexity index is 1110. The second-order valence-corrected chi connectivity index (χ2v) is 9.11. The zero-order valence-electron chi connectivity index (χ0n) is 16.4. The Kier molecular flexibility index (Phi) is 6.29. The van der Waals surface area contributed by atoms with Gasteiger partial charge in [-0.2, -0.15) is 0 Å². The Morgan fingerprint density at radius 3 is 2.88 bits per heavy atom. The molecule has 0 unspecified atom stereocenters. The summed E-state index contributed by atoms with van der Waals surface area (Å²) in [7, 11) is 1.27. The van der Waals surface area contributed by atoms with Crippen LogP contribution in [0.25, 0.3) is 0 Å². The topological polar surface area (TPSA) is 169 Å². The zero-order chi connectivity index (χ0) is 22.8. The summed E-state index contributed by atoms with van der Waals surface area (Å²) in [6.45, 7) is 0.0939. The highest BCUT2D eigenvalue weighted by molar-refractivity contribution is 8.00. The van der Waals surface area contributed by atoms with Gasteiger partial charge in [-0.15, -0.1) is 34.4 Å². The molecule has 168 valence electrons. The van der Waals surface area contributed by atoms with Crippen molar-refractivity contribution in [2.45, 2.75) is 18.0 Å². The van der Waals surface area contributed by atoms with Gasteiger partial charge in [-0.05, 0) is 0 Å². The number of nitrogen functional groups attached to an aromatic ring is 1. The van der Waals surface area contributed by atoms with Crippen molar-refractivity contribution in [1.29, 1.82) is 0 Å². The molecule has 32 heavy (non-hydrogen) atoms. The average molecular weight is 497 g/mol. The van der Waals surface area contributed by atoms with Crippen LogP contribution in [-0.2, 0) is 30.6 Å². The van der Waals surface area contributed by atoms with Crippen molar-refractivity contribution in [3.8, 4) is 0 Å². The first kappa shape index (κ1) is 22.0. The first-order valence-corrected chi connectivity index (χ1v) is 11.8. The van der Waals surface area contributed by atoms with E-state index in [1.54, 1.807) is 10.9 Å². The van der Waals surface area contributed by atoms with Crippen LogP contribution in [0.1, 0.15) is 11.4 Å². The molecule has 4 N–H and O–H groups in total. The standard InChI is InChI=1S/C17H16N6O6S3/c1-28-22-10(8-4-32-17(18)20-8)13(24)21-11-14(25)23-12(16(26)27)9(5-31-15(11)23)29-2-7-3-30-6-19-7/h3-4,6,11,15H,2,5H2,1H3,(H2,18,20)(H,21,24)(H,26,27)/b22-10-/t11-,15-/m1/s1. The molecule has 4 rings (SSSR count). The number of amides is 2. The summed E-state index contributed by atoms with van der Waals surface area (Å²) < 4.78 is 5.64. The maximum atomic E-state index is 12.8. The number of thioether (sulfide) groups is 1. The molecule has 2 atom stereocenters. The van der Waals surface area contributed by atoms with Gasteiger partial charge in [-0.25, -0.2) is 14.8 Å². The summed E-state index contributed by atoms with van der Waals surface area (Å²) in [5.74, 6) is -2.17. The number of hydrogen-bond donors (Lipinski definition) is 3. The number of ether oxygens (including phenoxy) is 1. The van der Waals surface area contributed by atoms with Crippen LogP contribution in [0.15, 0.2) is 32.9 Å². The van der Waals surface area contributed by atoms with Crippen LogP contribution >= 0.6 is 34.4 Å². The number of anilines is 1. The number of nitrogens with two attached hydrogens (primary N) is 1. The lowest BCUT2D eigenvalue weighted by Crippen LogP contribution is -2.71. The maximum absolute atomic E-state index is 12.8. The van der Waals surface area contributed by atoms with Crippen molar-refractivity contribution >= 4 is 63.1 Å². The number of aliphatic carboxylic acids is 1. The van der Waals surface area contributed by atoms with Crippen LogP contribution in [0, 0.1) is 0 Å². The third-order valence-corrected chi connectivity index (χ3v) is 7.03. The van der Waals surface area contributed by atoms with Gasteiger partial charge >= 0.3 is 5.97 Å². The number of β-lactam (4-membered cyclic amide) rings is 1. The minimum Gasteiger partial charge on any atom is -0.488 e. The van der Waals surface area contributed by atoms with Gasteiger partial charge in [0.25, 0.3) is 11.8 Å². The number of aromatic nitrogens is 2. The van der Waals surface area contributed by atoms with E-state index in [1.807, 2.05) is 0 Å². The van der Waals surface area contributed by atoms with Gasteiger partial charge in [0, 0.05) is 10.8 Å². The molecule has 15 heteroatoms. The number of carbonyl (C=O) groups excluding carboxylic acids is 2. The number of thiazole rings is 2. The highest BCUT2D eigenvalue weighted by Crippen LogP contribution is 2.40. The number of carboxylic acid groups (broad SMARTS) is 1. The maximum Gasteiger partial charge on any atom is 0.356 e. The minimum absolute atomic E-state index is 0.0939. The summed E-state index contributed by atoms with van der Waals surface area (Å²) in [6, 6.07) is -0.944. The zero-order valence-corrected chi connectivity index (χ0v) is 18.8. The lowest BCUT2D eigenvalue weighted by Gasteiger charge is -2.48. The number of carboxylic acids is 1. The number of fused-ring (bicyclic) bond motifs is 1. The van der Waals surface area contributed by atoms with E-state index in [0.717, 1.165) is 16.2 Å². The van der Waals surface area contributed by atoms with Crippen LogP contribution in [0.2, 0.25) is 0 Å². The van der Waals surface area contributed by atoms with E-state index in [1.165, 1.54) is 35.6 Å². The summed E-state index contributed by atoms with van der Waals surface area (Å²) in [5.41, 5.74) is 7.74. The molecule has 0 saturated carbocycles. The molecule has 1 fully saturated rings. The third-order valence-electron chi connectivity index (χ3n) is 4.46. The molecule has 2 amide bonds. The SMILES string of the molecule is CO/N=C(\C(=O)N[C@@H]1C(=O)N2C(C(=O)O)=C(OCc3cscn3)CS[C@H]12)c1csc(N)n1. The van der Waals surface area contributed by atoms with Crippen molar-refractivity contribution in [3.05, 3.63) is 39.1 Å². The highest BCUT2D eigenvalue weighted by Gasteiger charge is 2.55. The second-order valence-electron chi connectivity index (χ2n) is 6.40. The molecule has 1 saturated heterocycles. The molecule has 12 nitrogen and oxygen atoms in total. The average Bonchev–Trinajstić information content (AvgIpc) is 3.45. The van der Waals surface area contributed by atoms with Gasteiger partial charge < -0.3 is 25.7 Å². The Labute approximate surface area is 193 Å². The number of oxime groups is 1. The fourth-order valence-electron chi connectivity index (χ4n) is 3.07. The van der Waals surface area contributed by atoms with E-state index in [4.69, 9.17) is 15.3 Å². The fraction of sp³-hybridized carbons (Fsp3) is 0.294. The van der Waals surface area contributed by atoms with Crippen molar-refractivity contribution in [2.75, 3.05) is 18.6 Å². The summed E-state index contributed by atoms with van der Waals surface area (Å²) in [5, 5.41) is 18.9. The van der Waals surface area contributed by atoms with Crippen molar-refractivity contribution in [1.82, 2.24) is 20.2 Å². The minimum atomic E-state index is -1.29. The second kappa shape index (κ2) is 9.13. The van der Waals surface area contributed by atoms with Crippen molar-refractivity contribution in [2.24, 2.45) is 5.16 Å². The Balaban J connectivity index is 1.49. The van der Waals surface area contributed by atoms with Crippen molar-refractivity contribution < 1.29 is 29.1 Å². The van der Waals surface area contributed by atoms with Crippen LogP contribution in [0.4, 0.5) is 5.13 Å². The molecule has 2 aliphatic heterocycles. The molecule has 0 bridgehead atoms. The summed E-state index contributed by atoms with van der Waals surface area (Å²) in [6.07, 6.45) is 0. The van der Waals surface area contributed by atoms with Gasteiger partial charge in [0.05, 0.1) is 17.0 Å². The molecule has 4 heterocycles. The lowest BCUT2D eigenvalue weighted by molar-refractivity contribution is -0.150. The van der Waals surface area contributed by atoms with E-state index in [0.29, 0.717) is 5.69 Å². The number of carbonyl (C=O) groups is 3. The quantitative estimate of drug-likeness (QED) is 0.265. The Hall–Kier alpha value is -3.17. The van der Waals surface area contributed by atoms with Crippen LogP contribution in [0.3, 0.4) is 0 Å². The molecule has 2 aromatic heterocycles. The molecular weight excluding hydrogens is 480 g/mol. The third kappa shape index (κ3) is 4.13. The molecule has 0 radical (unpaired) electrons. The first-order valence-electron chi connectivity index (χ1n) is 8.95. The van der Waals surface area contributed by atoms with Gasteiger partial charge in [0.1, 0.15) is 36.6 Å². The normalized spacial score (nSPS) is 20.5.